The van der Waals surface area contributed by atoms with Gasteiger partial charge in [-0.3, -0.25) is 9.32 Å². The Balaban J connectivity index is 1.91. The van der Waals surface area contributed by atoms with Gasteiger partial charge in [-0.15, -0.1) is 0 Å². The Bertz CT molecular complexity index is 1010. The highest BCUT2D eigenvalue weighted by Gasteiger charge is 2.24. The lowest BCUT2D eigenvalue weighted by molar-refractivity contribution is -0.121. The van der Waals surface area contributed by atoms with Crippen LogP contribution in [0.1, 0.15) is 12.8 Å². The predicted molar refractivity (Wildman–Crippen MR) is 89.9 cm³/mol. The van der Waals surface area contributed by atoms with E-state index in [0.29, 0.717) is 6.42 Å². The first-order valence-electron chi connectivity index (χ1n) is 7.63. The summed E-state index contributed by atoms with van der Waals surface area (Å²) in [5.41, 5.74) is 0.175. The number of nitrogens with zero attached hydrogens (tertiary/aromatic N) is 4. The van der Waals surface area contributed by atoms with E-state index in [0.717, 1.165) is 10.6 Å². The van der Waals surface area contributed by atoms with E-state index in [4.69, 9.17) is 9.84 Å². The van der Waals surface area contributed by atoms with Crippen molar-refractivity contribution in [2.75, 3.05) is 13.2 Å². The SMILES string of the molecule is O=C(CCCO)COc1nonc1-c1noc(=O)n1-c1ccc(F)c(Br)c1. The summed E-state index contributed by atoms with van der Waals surface area (Å²) in [7, 11) is 0. The van der Waals surface area contributed by atoms with E-state index >= 15 is 0 Å². The molecule has 0 bridgehead atoms. The maximum absolute atomic E-state index is 13.5. The second-order valence-corrected chi connectivity index (χ2v) is 6.13. The van der Waals surface area contributed by atoms with Crippen molar-refractivity contribution in [1.29, 1.82) is 0 Å². The van der Waals surface area contributed by atoms with Crippen molar-refractivity contribution in [1.82, 2.24) is 20.0 Å². The Morgan fingerprint density at radius 1 is 1.33 bits per heavy atom. The van der Waals surface area contributed by atoms with Crippen molar-refractivity contribution < 1.29 is 28.2 Å². The van der Waals surface area contributed by atoms with E-state index in [9.17, 15) is 14.0 Å². The molecule has 0 aliphatic heterocycles. The number of aromatic nitrogens is 4. The minimum atomic E-state index is -0.850. The lowest BCUT2D eigenvalue weighted by Gasteiger charge is -2.05. The zero-order valence-electron chi connectivity index (χ0n) is 13.6. The Morgan fingerprint density at radius 3 is 2.89 bits per heavy atom. The molecule has 3 aromatic rings. The smallest absolute Gasteiger partial charge is 0.446 e. The number of halogens is 2. The zero-order valence-corrected chi connectivity index (χ0v) is 15.2. The minimum absolute atomic E-state index is 0.0729. The molecule has 0 aliphatic rings. The Kier molecular flexibility index (Phi) is 5.76. The molecule has 142 valence electrons. The molecule has 3 rings (SSSR count). The highest BCUT2D eigenvalue weighted by Crippen LogP contribution is 2.27. The van der Waals surface area contributed by atoms with E-state index in [1.54, 1.807) is 0 Å². The van der Waals surface area contributed by atoms with Crippen molar-refractivity contribution >= 4 is 21.7 Å². The maximum atomic E-state index is 13.5. The van der Waals surface area contributed by atoms with Crippen molar-refractivity contribution in [3.63, 3.8) is 0 Å². The topological polar surface area (TPSA) is 133 Å². The average molecular weight is 443 g/mol. The van der Waals surface area contributed by atoms with Crippen molar-refractivity contribution in [3.05, 3.63) is 39.0 Å². The van der Waals surface area contributed by atoms with Crippen molar-refractivity contribution in [2.45, 2.75) is 12.8 Å². The Morgan fingerprint density at radius 2 is 2.15 bits per heavy atom. The van der Waals surface area contributed by atoms with Gasteiger partial charge in [0.25, 0.3) is 5.88 Å². The number of rotatable bonds is 8. The number of aliphatic hydroxyl groups excluding tert-OH is 1. The molecule has 2 heterocycles. The summed E-state index contributed by atoms with van der Waals surface area (Å²) in [6, 6.07) is 3.85. The summed E-state index contributed by atoms with van der Waals surface area (Å²) in [6.07, 6.45) is 0.448. The molecule has 0 fully saturated rings. The maximum Gasteiger partial charge on any atom is 0.446 e. The summed E-state index contributed by atoms with van der Waals surface area (Å²) in [4.78, 5) is 23.7. The summed E-state index contributed by atoms with van der Waals surface area (Å²) in [6.45, 7) is -0.438. The molecular weight excluding hydrogens is 431 g/mol. The second-order valence-electron chi connectivity index (χ2n) is 5.28. The molecule has 0 spiro atoms. The first kappa shape index (κ1) is 18.9. The average Bonchev–Trinajstić information content (AvgIpc) is 3.26. The van der Waals surface area contributed by atoms with Crippen molar-refractivity contribution in [2.24, 2.45) is 0 Å². The van der Waals surface area contributed by atoms with Crippen LogP contribution in [0.3, 0.4) is 0 Å². The van der Waals surface area contributed by atoms with E-state index in [-0.39, 0.29) is 53.0 Å². The van der Waals surface area contributed by atoms with Gasteiger partial charge in [-0.1, -0.05) is 5.16 Å². The fraction of sp³-hybridized carbons (Fsp3) is 0.267. The van der Waals surface area contributed by atoms with Gasteiger partial charge in [0, 0.05) is 13.0 Å². The number of hydrogen-bond donors (Lipinski definition) is 1. The fourth-order valence-electron chi connectivity index (χ4n) is 2.16. The largest absolute Gasteiger partial charge is 0.466 e. The normalized spacial score (nSPS) is 10.9. The van der Waals surface area contributed by atoms with Crippen LogP contribution in [-0.2, 0) is 4.79 Å². The first-order valence-corrected chi connectivity index (χ1v) is 8.43. The van der Waals surface area contributed by atoms with Crippen LogP contribution in [0, 0.1) is 5.82 Å². The van der Waals surface area contributed by atoms with Crippen LogP contribution in [0.15, 0.2) is 36.6 Å². The van der Waals surface area contributed by atoms with Crippen LogP contribution in [0.4, 0.5) is 4.39 Å². The van der Waals surface area contributed by atoms with Crippen LogP contribution in [-0.4, -0.2) is 44.1 Å². The van der Waals surface area contributed by atoms with E-state index in [1.807, 2.05) is 0 Å². The van der Waals surface area contributed by atoms with Gasteiger partial charge < -0.3 is 9.84 Å². The van der Waals surface area contributed by atoms with Gasteiger partial charge >= 0.3 is 5.76 Å². The molecule has 0 saturated carbocycles. The molecule has 10 nitrogen and oxygen atoms in total. The molecule has 1 N–H and O–H groups in total. The highest BCUT2D eigenvalue weighted by molar-refractivity contribution is 9.10. The first-order chi connectivity index (χ1) is 13.0. The molecule has 0 saturated heterocycles. The standard InChI is InChI=1S/C15H12BrFN4O6/c16-10-6-8(3-4-11(10)17)21-13(19-26-15(21)24)12-14(20-27-18-12)25-7-9(23)2-1-5-22/h3-4,6,22H,1-2,5,7H2. The third kappa shape index (κ3) is 4.11. The number of ketones is 1. The van der Waals surface area contributed by atoms with E-state index in [1.165, 1.54) is 12.1 Å². The molecule has 27 heavy (non-hydrogen) atoms. The minimum Gasteiger partial charge on any atom is -0.466 e. The number of Topliss-reactive ketones (excluding diaryl/α,β-unsaturated/α-hetero) is 1. The molecule has 0 unspecified atom stereocenters. The molecule has 0 atom stereocenters. The van der Waals surface area contributed by atoms with Gasteiger partial charge in [0.15, 0.2) is 5.78 Å². The quantitative estimate of drug-likeness (QED) is 0.550. The predicted octanol–water partition coefficient (Wildman–Crippen LogP) is 1.50. The van der Waals surface area contributed by atoms with Crippen LogP contribution in [0.25, 0.3) is 17.2 Å². The Labute approximate surface area is 158 Å². The highest BCUT2D eigenvalue weighted by atomic mass is 79.9. The summed E-state index contributed by atoms with van der Waals surface area (Å²) in [5.74, 6) is -1.90. The monoisotopic (exact) mass is 442 g/mol. The van der Waals surface area contributed by atoms with Gasteiger partial charge in [0.05, 0.1) is 10.2 Å². The Hall–Kier alpha value is -2.86. The molecular formula is C15H12BrFN4O6. The zero-order chi connectivity index (χ0) is 19.4. The van der Waals surface area contributed by atoms with Gasteiger partial charge in [-0.05, 0) is 50.9 Å². The van der Waals surface area contributed by atoms with Gasteiger partial charge in [0.1, 0.15) is 12.4 Å². The van der Waals surface area contributed by atoms with Gasteiger partial charge in [-0.2, -0.15) is 0 Å². The molecule has 0 amide bonds. The lowest BCUT2D eigenvalue weighted by atomic mass is 10.2. The number of carbonyl (C=O) groups is 1. The number of hydrogen-bond acceptors (Lipinski definition) is 9. The second kappa shape index (κ2) is 8.22. The molecule has 0 radical (unpaired) electrons. The number of ether oxygens (including phenoxy) is 1. The third-order valence-electron chi connectivity index (χ3n) is 3.42. The van der Waals surface area contributed by atoms with Crippen LogP contribution < -0.4 is 10.5 Å². The number of benzene rings is 1. The number of aliphatic hydroxyl groups is 1. The summed E-state index contributed by atoms with van der Waals surface area (Å²) in [5, 5.41) is 19.5. The summed E-state index contributed by atoms with van der Waals surface area (Å²) < 4.78 is 29.2. The molecule has 2 aromatic heterocycles. The van der Waals surface area contributed by atoms with Gasteiger partial charge in [0.2, 0.25) is 11.5 Å². The van der Waals surface area contributed by atoms with Gasteiger partial charge in [-0.25, -0.2) is 18.4 Å². The van der Waals surface area contributed by atoms with E-state index < -0.39 is 11.6 Å². The number of carbonyl (C=O) groups excluding carboxylic acids is 1. The third-order valence-corrected chi connectivity index (χ3v) is 4.03. The summed E-state index contributed by atoms with van der Waals surface area (Å²) >= 11 is 3.04. The van der Waals surface area contributed by atoms with Crippen molar-refractivity contribution in [3.8, 4) is 23.1 Å². The molecule has 0 aliphatic carbocycles. The van der Waals surface area contributed by atoms with Crippen LogP contribution in [0.2, 0.25) is 0 Å². The van der Waals surface area contributed by atoms with Crippen LogP contribution in [0.5, 0.6) is 5.88 Å². The van der Waals surface area contributed by atoms with Crippen LogP contribution >= 0.6 is 15.9 Å². The fourth-order valence-corrected chi connectivity index (χ4v) is 2.53. The lowest BCUT2D eigenvalue weighted by Crippen LogP contribution is -2.15. The van der Waals surface area contributed by atoms with E-state index in [2.05, 4.69) is 40.6 Å². The molecule has 1 aromatic carbocycles. The molecule has 12 heteroatoms.